The molecule has 1 heteroatoms. The van der Waals surface area contributed by atoms with Crippen molar-refractivity contribution in [1.82, 2.24) is 0 Å². The Morgan fingerprint density at radius 1 is 0.789 bits per heavy atom. The predicted molar refractivity (Wildman–Crippen MR) is 85.8 cm³/mol. The number of nitrogens with zero attached hydrogens (tertiary/aromatic N) is 1. The highest BCUT2D eigenvalue weighted by atomic mass is 15.4. The fraction of sp³-hybridized carbons (Fsp3) is 0.778. The van der Waals surface area contributed by atoms with Crippen LogP contribution < -0.4 is 0 Å². The van der Waals surface area contributed by atoms with Gasteiger partial charge >= 0.3 is 0 Å². The Labute approximate surface area is 121 Å². The van der Waals surface area contributed by atoms with Gasteiger partial charge in [-0.15, -0.1) is 0 Å². The third-order valence-electron chi connectivity index (χ3n) is 4.34. The van der Waals surface area contributed by atoms with Crippen molar-refractivity contribution in [2.75, 3.05) is 13.1 Å². The lowest BCUT2D eigenvalue weighted by atomic mass is 10.1. The van der Waals surface area contributed by atoms with Gasteiger partial charge in [-0.2, -0.15) is 0 Å². The van der Waals surface area contributed by atoms with Gasteiger partial charge in [-0.25, -0.2) is 0 Å². The van der Waals surface area contributed by atoms with Crippen LogP contribution in [0.3, 0.4) is 0 Å². The molecule has 0 radical (unpaired) electrons. The Bertz CT molecular complexity index is 290. The summed E-state index contributed by atoms with van der Waals surface area (Å²) in [7, 11) is 0. The molecule has 0 spiro atoms. The van der Waals surface area contributed by atoms with Crippen LogP contribution in [0.25, 0.3) is 0 Å². The monoisotopic (exact) mass is 264 g/mol. The zero-order valence-corrected chi connectivity index (χ0v) is 13.5. The maximum absolute atomic E-state index is 2.46. The van der Waals surface area contributed by atoms with Crippen molar-refractivity contribution in [3.8, 4) is 0 Å². The van der Waals surface area contributed by atoms with E-state index in [4.69, 9.17) is 0 Å². The number of hydrogen-bond acceptors (Lipinski definition) is 0. The molecule has 0 aliphatic carbocycles. The molecule has 1 aliphatic rings. The molecule has 0 saturated carbocycles. The van der Waals surface area contributed by atoms with E-state index < -0.39 is 0 Å². The van der Waals surface area contributed by atoms with Gasteiger partial charge in [-0.05, 0) is 31.8 Å². The Hall–Kier alpha value is -0.560. The summed E-state index contributed by atoms with van der Waals surface area (Å²) in [4.78, 5) is 0. The first-order valence-electron chi connectivity index (χ1n) is 8.54. The number of hydrogen-bond donors (Lipinski definition) is 0. The minimum Gasteiger partial charge on any atom is -0.268 e. The highest BCUT2D eigenvalue weighted by Gasteiger charge is 2.31. The van der Waals surface area contributed by atoms with E-state index in [-0.39, 0.29) is 0 Å². The number of quaternary nitrogens is 1. The van der Waals surface area contributed by atoms with E-state index in [1.165, 1.54) is 75.4 Å². The van der Waals surface area contributed by atoms with Gasteiger partial charge in [0.05, 0.1) is 13.1 Å². The van der Waals surface area contributed by atoms with E-state index in [0.29, 0.717) is 0 Å². The second kappa shape index (κ2) is 9.36. The molecule has 1 unspecified atom stereocenters. The van der Waals surface area contributed by atoms with Crippen molar-refractivity contribution < 1.29 is 4.48 Å². The molecule has 0 amide bonds. The number of unbranched alkanes of at least 4 members (excludes halogenated alkanes) is 5. The van der Waals surface area contributed by atoms with Gasteiger partial charge in [0.15, 0.2) is 0 Å². The lowest BCUT2D eigenvalue weighted by Gasteiger charge is -2.34. The molecular formula is C18H34N+. The minimum atomic E-state index is 1.18. The largest absolute Gasteiger partial charge is 0.268 e. The molecule has 0 aromatic heterocycles. The predicted octanol–water partition coefficient (Wildman–Crippen LogP) is 5.79. The van der Waals surface area contributed by atoms with E-state index >= 15 is 0 Å². The van der Waals surface area contributed by atoms with Crippen LogP contribution in [0.1, 0.15) is 78.6 Å². The van der Waals surface area contributed by atoms with E-state index in [0.717, 1.165) is 0 Å². The number of allylic oxidation sites excluding steroid dienone is 3. The van der Waals surface area contributed by atoms with Gasteiger partial charge < -0.3 is 0 Å². The molecule has 19 heavy (non-hydrogen) atoms. The standard InChI is InChI=1S/C18H34N/c1-4-7-10-11-16-19(15-9-6-3)17-12-14-18(19)13-8-5-2/h12,14,17H,4-11,13,15-16H2,1-3H3/q+1. The van der Waals surface area contributed by atoms with Gasteiger partial charge in [0.25, 0.3) is 0 Å². The molecule has 1 atom stereocenters. The molecule has 110 valence electrons. The highest BCUT2D eigenvalue weighted by Crippen LogP contribution is 2.30. The fourth-order valence-corrected chi connectivity index (χ4v) is 3.04. The lowest BCUT2D eigenvalue weighted by molar-refractivity contribution is -0.841. The normalized spacial score (nSPS) is 21.9. The Morgan fingerprint density at radius 2 is 1.47 bits per heavy atom. The molecule has 0 aromatic rings. The molecule has 0 fully saturated rings. The van der Waals surface area contributed by atoms with E-state index in [1.807, 2.05) is 0 Å². The summed E-state index contributed by atoms with van der Waals surface area (Å²) in [5.74, 6) is 0. The summed E-state index contributed by atoms with van der Waals surface area (Å²) >= 11 is 0. The maximum atomic E-state index is 2.46. The van der Waals surface area contributed by atoms with Crippen molar-refractivity contribution in [1.29, 1.82) is 0 Å². The summed E-state index contributed by atoms with van der Waals surface area (Å²) in [6.45, 7) is 9.54. The second-order valence-corrected chi connectivity index (χ2v) is 6.00. The molecule has 0 aromatic carbocycles. The van der Waals surface area contributed by atoms with Crippen molar-refractivity contribution >= 4 is 0 Å². The smallest absolute Gasteiger partial charge is 0.114 e. The fourth-order valence-electron chi connectivity index (χ4n) is 3.04. The van der Waals surface area contributed by atoms with Crippen LogP contribution >= 0.6 is 0 Å². The topological polar surface area (TPSA) is 0 Å². The second-order valence-electron chi connectivity index (χ2n) is 6.00. The van der Waals surface area contributed by atoms with Crippen LogP contribution in [-0.2, 0) is 0 Å². The van der Waals surface area contributed by atoms with Gasteiger partial charge in [0.1, 0.15) is 11.9 Å². The SMILES string of the molecule is CCCCCC[N+]1(CCCC)C=CC=C1CCCC. The van der Waals surface area contributed by atoms with Crippen LogP contribution in [0.4, 0.5) is 0 Å². The molecule has 0 bridgehead atoms. The third-order valence-corrected chi connectivity index (χ3v) is 4.34. The van der Waals surface area contributed by atoms with Crippen LogP contribution in [-0.4, -0.2) is 17.6 Å². The molecule has 1 aliphatic heterocycles. The molecule has 0 N–H and O–H groups in total. The zero-order chi connectivity index (χ0) is 14.0. The van der Waals surface area contributed by atoms with Gasteiger partial charge in [0, 0.05) is 12.5 Å². The van der Waals surface area contributed by atoms with Crippen molar-refractivity contribution in [3.63, 3.8) is 0 Å². The average Bonchev–Trinajstić information content (AvgIpc) is 2.82. The van der Waals surface area contributed by atoms with E-state index in [1.54, 1.807) is 5.70 Å². The molecule has 1 nitrogen and oxygen atoms in total. The van der Waals surface area contributed by atoms with Gasteiger partial charge in [-0.3, -0.25) is 4.48 Å². The van der Waals surface area contributed by atoms with Crippen LogP contribution in [0.2, 0.25) is 0 Å². The first-order chi connectivity index (χ1) is 9.29. The molecule has 1 heterocycles. The summed E-state index contributed by atoms with van der Waals surface area (Å²) in [5, 5.41) is 0. The first-order valence-corrected chi connectivity index (χ1v) is 8.54. The Morgan fingerprint density at radius 3 is 2.16 bits per heavy atom. The Balaban J connectivity index is 2.58. The highest BCUT2D eigenvalue weighted by molar-refractivity contribution is 5.13. The average molecular weight is 264 g/mol. The van der Waals surface area contributed by atoms with Gasteiger partial charge in [0.2, 0.25) is 0 Å². The van der Waals surface area contributed by atoms with Crippen LogP contribution in [0.5, 0.6) is 0 Å². The summed E-state index contributed by atoms with van der Waals surface area (Å²) < 4.78 is 1.18. The molecule has 0 saturated heterocycles. The third kappa shape index (κ3) is 5.14. The van der Waals surface area contributed by atoms with Crippen LogP contribution in [0.15, 0.2) is 24.0 Å². The lowest BCUT2D eigenvalue weighted by Crippen LogP contribution is -2.42. The maximum Gasteiger partial charge on any atom is 0.114 e. The minimum absolute atomic E-state index is 1.18. The molecular weight excluding hydrogens is 230 g/mol. The molecule has 1 rings (SSSR count). The summed E-state index contributed by atoms with van der Waals surface area (Å²) in [6, 6.07) is 0. The van der Waals surface area contributed by atoms with Crippen molar-refractivity contribution in [2.45, 2.75) is 78.6 Å². The Kier molecular flexibility index (Phi) is 8.13. The number of rotatable bonds is 11. The van der Waals surface area contributed by atoms with Crippen molar-refractivity contribution in [2.24, 2.45) is 0 Å². The first kappa shape index (κ1) is 16.5. The summed E-state index contributed by atoms with van der Waals surface area (Å²) in [6.07, 6.45) is 19.3. The zero-order valence-electron chi connectivity index (χ0n) is 13.5. The van der Waals surface area contributed by atoms with E-state index in [2.05, 4.69) is 39.1 Å². The van der Waals surface area contributed by atoms with Crippen LogP contribution in [0, 0.1) is 0 Å². The van der Waals surface area contributed by atoms with E-state index in [9.17, 15) is 0 Å². The quantitative estimate of drug-likeness (QED) is 0.327. The van der Waals surface area contributed by atoms with Gasteiger partial charge in [-0.1, -0.05) is 46.5 Å². The van der Waals surface area contributed by atoms with Crippen molar-refractivity contribution in [3.05, 3.63) is 24.0 Å². The summed E-state index contributed by atoms with van der Waals surface area (Å²) in [5.41, 5.74) is 1.67.